The van der Waals surface area contributed by atoms with E-state index in [0.717, 1.165) is 5.56 Å². The highest BCUT2D eigenvalue weighted by atomic mass is 35.5. The van der Waals surface area contributed by atoms with Gasteiger partial charge in [0.1, 0.15) is 0 Å². The van der Waals surface area contributed by atoms with Gasteiger partial charge in [-0.3, -0.25) is 4.79 Å². The lowest BCUT2D eigenvalue weighted by atomic mass is 10.1. The van der Waals surface area contributed by atoms with Crippen molar-refractivity contribution in [3.63, 3.8) is 0 Å². The molecule has 6 heteroatoms. The monoisotopic (exact) mass is 328 g/mol. The number of ether oxygens (including phenoxy) is 1. The highest BCUT2D eigenvalue weighted by Gasteiger charge is 2.10. The summed E-state index contributed by atoms with van der Waals surface area (Å²) in [6.07, 6.45) is 0.312. The van der Waals surface area contributed by atoms with Crippen molar-refractivity contribution in [1.82, 2.24) is 0 Å². The van der Waals surface area contributed by atoms with Crippen molar-refractivity contribution < 1.29 is 14.3 Å². The number of carbonyl (C=O) groups is 2. The molecule has 23 heavy (non-hydrogen) atoms. The van der Waals surface area contributed by atoms with Crippen LogP contribution < -0.4 is 5.32 Å². The molecule has 116 valence electrons. The third-order valence-electron chi connectivity index (χ3n) is 2.94. The predicted octanol–water partition coefficient (Wildman–Crippen LogP) is 3.20. The number of hydrogen-bond acceptors (Lipinski definition) is 4. The molecule has 0 aliphatic heterocycles. The van der Waals surface area contributed by atoms with Crippen LogP contribution in [0.2, 0.25) is 5.02 Å². The predicted molar refractivity (Wildman–Crippen MR) is 86.1 cm³/mol. The summed E-state index contributed by atoms with van der Waals surface area (Å²) < 4.78 is 4.93. The molecule has 1 amide bonds. The third-order valence-corrected chi connectivity index (χ3v) is 3.19. The van der Waals surface area contributed by atoms with Gasteiger partial charge in [0.05, 0.1) is 18.1 Å². The van der Waals surface area contributed by atoms with Gasteiger partial charge in [-0.2, -0.15) is 5.26 Å². The molecular weight excluding hydrogens is 316 g/mol. The molecule has 0 fully saturated rings. The summed E-state index contributed by atoms with van der Waals surface area (Å²) in [6, 6.07) is 15.1. The van der Waals surface area contributed by atoms with E-state index < -0.39 is 11.9 Å². The first-order valence-electron chi connectivity index (χ1n) is 6.77. The quantitative estimate of drug-likeness (QED) is 0.855. The van der Waals surface area contributed by atoms with Crippen LogP contribution in [0.15, 0.2) is 48.5 Å². The maximum absolute atomic E-state index is 11.8. The molecular formula is C17H13ClN2O3. The number of nitrogens with zero attached hydrogens (tertiary/aromatic N) is 1. The number of anilines is 1. The lowest BCUT2D eigenvalue weighted by Crippen LogP contribution is -2.20. The molecule has 0 heterocycles. The topological polar surface area (TPSA) is 79.2 Å². The van der Waals surface area contributed by atoms with Crippen molar-refractivity contribution in [1.29, 1.82) is 5.26 Å². The number of esters is 1. The molecule has 0 saturated heterocycles. The fourth-order valence-corrected chi connectivity index (χ4v) is 1.92. The van der Waals surface area contributed by atoms with E-state index in [1.54, 1.807) is 36.4 Å². The molecule has 2 rings (SSSR count). The van der Waals surface area contributed by atoms with Crippen LogP contribution in [0.25, 0.3) is 0 Å². The fourth-order valence-electron chi connectivity index (χ4n) is 1.79. The summed E-state index contributed by atoms with van der Waals surface area (Å²) in [6.45, 7) is -0.387. The van der Waals surface area contributed by atoms with Gasteiger partial charge in [-0.15, -0.1) is 0 Å². The second kappa shape index (κ2) is 7.97. The van der Waals surface area contributed by atoms with Crippen molar-refractivity contribution in [3.05, 3.63) is 64.7 Å². The highest BCUT2D eigenvalue weighted by Crippen LogP contribution is 2.11. The maximum Gasteiger partial charge on any atom is 0.338 e. The van der Waals surface area contributed by atoms with Crippen molar-refractivity contribution in [2.45, 2.75) is 6.42 Å². The SMILES string of the molecule is N#CCc1ccc(NC(=O)COC(=O)c2ccc(Cl)cc2)cc1. The Hall–Kier alpha value is -2.84. The number of rotatable bonds is 5. The molecule has 0 spiro atoms. The van der Waals surface area contributed by atoms with Crippen LogP contribution in [0.5, 0.6) is 0 Å². The van der Waals surface area contributed by atoms with Gasteiger partial charge in [-0.25, -0.2) is 4.79 Å². The van der Waals surface area contributed by atoms with Crippen molar-refractivity contribution in [3.8, 4) is 6.07 Å². The Labute approximate surface area is 138 Å². The number of carbonyl (C=O) groups excluding carboxylic acids is 2. The second-order valence-electron chi connectivity index (χ2n) is 4.66. The van der Waals surface area contributed by atoms with Gasteiger partial charge in [0.25, 0.3) is 5.91 Å². The molecule has 0 aliphatic carbocycles. The summed E-state index contributed by atoms with van der Waals surface area (Å²) >= 11 is 5.73. The molecule has 0 unspecified atom stereocenters. The molecule has 2 aromatic rings. The Morgan fingerprint density at radius 2 is 1.74 bits per heavy atom. The first-order valence-corrected chi connectivity index (χ1v) is 7.14. The number of halogens is 1. The molecule has 2 aromatic carbocycles. The van der Waals surface area contributed by atoms with E-state index in [1.165, 1.54) is 12.1 Å². The molecule has 0 saturated carbocycles. The van der Waals surface area contributed by atoms with E-state index in [9.17, 15) is 9.59 Å². The molecule has 0 aromatic heterocycles. The zero-order valence-corrected chi connectivity index (χ0v) is 12.8. The number of benzene rings is 2. The standard InChI is InChI=1S/C17H13ClN2O3/c18-14-5-3-13(4-6-14)17(22)23-11-16(21)20-15-7-1-12(2-8-15)9-10-19/h1-8H,9,11H2,(H,20,21). The zero-order chi connectivity index (χ0) is 16.7. The van der Waals surface area contributed by atoms with Crippen molar-refractivity contribution in [2.24, 2.45) is 0 Å². The molecule has 0 radical (unpaired) electrons. The molecule has 1 N–H and O–H groups in total. The Morgan fingerprint density at radius 1 is 1.09 bits per heavy atom. The zero-order valence-electron chi connectivity index (χ0n) is 12.1. The lowest BCUT2D eigenvalue weighted by molar-refractivity contribution is -0.119. The van der Waals surface area contributed by atoms with Gasteiger partial charge < -0.3 is 10.1 Å². The van der Waals surface area contributed by atoms with E-state index in [-0.39, 0.29) is 6.61 Å². The average Bonchev–Trinajstić information content (AvgIpc) is 2.55. The summed E-state index contributed by atoms with van der Waals surface area (Å²) in [4.78, 5) is 23.5. The normalized spacial score (nSPS) is 9.74. The van der Waals surface area contributed by atoms with E-state index in [0.29, 0.717) is 22.7 Å². The van der Waals surface area contributed by atoms with Crippen LogP contribution in [0.4, 0.5) is 5.69 Å². The molecule has 0 aliphatic rings. The summed E-state index contributed by atoms with van der Waals surface area (Å²) in [7, 11) is 0. The van der Waals surface area contributed by atoms with Crippen LogP contribution in [0.1, 0.15) is 15.9 Å². The van der Waals surface area contributed by atoms with Crippen LogP contribution in [-0.2, 0) is 16.0 Å². The van der Waals surface area contributed by atoms with E-state index in [2.05, 4.69) is 5.32 Å². The smallest absolute Gasteiger partial charge is 0.338 e. The Kier molecular flexibility index (Phi) is 5.73. The van der Waals surface area contributed by atoms with Gasteiger partial charge in [0, 0.05) is 10.7 Å². The highest BCUT2D eigenvalue weighted by molar-refractivity contribution is 6.30. The Balaban J connectivity index is 1.84. The van der Waals surface area contributed by atoms with Crippen LogP contribution in [-0.4, -0.2) is 18.5 Å². The van der Waals surface area contributed by atoms with Crippen molar-refractivity contribution in [2.75, 3.05) is 11.9 Å². The number of amides is 1. The third kappa shape index (κ3) is 5.13. The Morgan fingerprint density at radius 3 is 2.35 bits per heavy atom. The summed E-state index contributed by atoms with van der Waals surface area (Å²) in [5, 5.41) is 11.7. The van der Waals surface area contributed by atoms with E-state index in [1.807, 2.05) is 6.07 Å². The van der Waals surface area contributed by atoms with Gasteiger partial charge >= 0.3 is 5.97 Å². The average molecular weight is 329 g/mol. The van der Waals surface area contributed by atoms with Gasteiger partial charge in [-0.05, 0) is 42.0 Å². The van der Waals surface area contributed by atoms with Gasteiger partial charge in [-0.1, -0.05) is 23.7 Å². The largest absolute Gasteiger partial charge is 0.452 e. The fraction of sp³-hybridized carbons (Fsp3) is 0.118. The van der Waals surface area contributed by atoms with Crippen LogP contribution in [0, 0.1) is 11.3 Å². The second-order valence-corrected chi connectivity index (χ2v) is 5.10. The number of nitriles is 1. The van der Waals surface area contributed by atoms with Crippen molar-refractivity contribution >= 4 is 29.2 Å². The Bertz CT molecular complexity index is 734. The maximum atomic E-state index is 11.8. The summed E-state index contributed by atoms with van der Waals surface area (Å²) in [5.41, 5.74) is 1.75. The lowest BCUT2D eigenvalue weighted by Gasteiger charge is -2.07. The first kappa shape index (κ1) is 16.5. The molecule has 5 nitrogen and oxygen atoms in total. The van der Waals surface area contributed by atoms with Gasteiger partial charge in [0.2, 0.25) is 0 Å². The van der Waals surface area contributed by atoms with E-state index >= 15 is 0 Å². The summed E-state index contributed by atoms with van der Waals surface area (Å²) in [5.74, 6) is -1.04. The molecule has 0 atom stereocenters. The first-order chi connectivity index (χ1) is 11.1. The minimum atomic E-state index is -0.596. The van der Waals surface area contributed by atoms with Crippen LogP contribution >= 0.6 is 11.6 Å². The molecule has 0 bridgehead atoms. The number of nitrogens with one attached hydrogen (secondary N) is 1. The van der Waals surface area contributed by atoms with Crippen LogP contribution in [0.3, 0.4) is 0 Å². The number of hydrogen-bond donors (Lipinski definition) is 1. The minimum Gasteiger partial charge on any atom is -0.452 e. The minimum absolute atomic E-state index is 0.312. The van der Waals surface area contributed by atoms with Gasteiger partial charge in [0.15, 0.2) is 6.61 Å². The van der Waals surface area contributed by atoms with E-state index in [4.69, 9.17) is 21.6 Å².